The van der Waals surface area contributed by atoms with E-state index >= 15 is 0 Å². The number of benzene rings is 1. The van der Waals surface area contributed by atoms with Crippen molar-refractivity contribution in [3.63, 3.8) is 0 Å². The molecule has 1 atom stereocenters. The van der Waals surface area contributed by atoms with E-state index in [1.54, 1.807) is 11.8 Å². The van der Waals surface area contributed by atoms with Crippen LogP contribution in [0.15, 0.2) is 36.5 Å². The molecule has 0 aliphatic heterocycles. The van der Waals surface area contributed by atoms with Crippen LogP contribution in [0, 0.1) is 6.92 Å². The van der Waals surface area contributed by atoms with Gasteiger partial charge in [0.15, 0.2) is 18.1 Å². The maximum Gasteiger partial charge on any atom is 0.258 e. The van der Waals surface area contributed by atoms with Gasteiger partial charge in [0.25, 0.3) is 5.91 Å². The van der Waals surface area contributed by atoms with Crippen LogP contribution >= 0.6 is 23.4 Å². The fraction of sp³-hybridized carbons (Fsp3) is 0.409. The summed E-state index contributed by atoms with van der Waals surface area (Å²) in [6, 6.07) is 9.29. The van der Waals surface area contributed by atoms with Gasteiger partial charge in [-0.3, -0.25) is 9.20 Å². The van der Waals surface area contributed by atoms with Crippen molar-refractivity contribution in [1.82, 2.24) is 19.9 Å². The first-order valence-electron chi connectivity index (χ1n) is 9.91. The molecule has 0 bridgehead atoms. The van der Waals surface area contributed by atoms with E-state index in [1.807, 2.05) is 54.1 Å². The highest BCUT2D eigenvalue weighted by Gasteiger charge is 2.21. The maximum absolute atomic E-state index is 12.7. The summed E-state index contributed by atoms with van der Waals surface area (Å²) in [6.07, 6.45) is 4.70. The summed E-state index contributed by atoms with van der Waals surface area (Å²) >= 11 is 7.99. The topological polar surface area (TPSA) is 68.5 Å². The van der Waals surface area contributed by atoms with Gasteiger partial charge in [-0.05, 0) is 66.7 Å². The van der Waals surface area contributed by atoms with Crippen LogP contribution in [0.5, 0.6) is 5.75 Å². The molecule has 1 N–H and O–H groups in total. The summed E-state index contributed by atoms with van der Waals surface area (Å²) in [4.78, 5) is 12.7. The van der Waals surface area contributed by atoms with Gasteiger partial charge < -0.3 is 10.1 Å². The first-order chi connectivity index (χ1) is 14.4. The molecule has 160 valence electrons. The van der Waals surface area contributed by atoms with E-state index in [9.17, 15) is 4.79 Å². The van der Waals surface area contributed by atoms with Crippen molar-refractivity contribution >= 4 is 34.9 Å². The van der Waals surface area contributed by atoms with Crippen LogP contribution < -0.4 is 10.1 Å². The standard InChI is InChI=1S/C22H27ClN4O2S/c1-14(2)16-12-17(23)15(3)11-19(16)29-13-21(28)24-18(8-10-30-4)22-26-25-20-7-5-6-9-27(20)22/h5-7,9,11-12,14,18H,8,10,13H2,1-4H3,(H,24,28). The van der Waals surface area contributed by atoms with Crippen molar-refractivity contribution in [3.8, 4) is 5.75 Å². The van der Waals surface area contributed by atoms with E-state index in [2.05, 4.69) is 29.4 Å². The van der Waals surface area contributed by atoms with E-state index in [4.69, 9.17) is 16.3 Å². The summed E-state index contributed by atoms with van der Waals surface area (Å²) in [5.41, 5.74) is 2.66. The monoisotopic (exact) mass is 446 g/mol. The number of carbonyl (C=O) groups is 1. The number of aryl methyl sites for hydroxylation is 1. The molecule has 0 fully saturated rings. The zero-order valence-corrected chi connectivity index (χ0v) is 19.3. The van der Waals surface area contributed by atoms with Crippen LogP contribution in [-0.2, 0) is 4.79 Å². The molecule has 0 aliphatic rings. The van der Waals surface area contributed by atoms with Gasteiger partial charge in [-0.15, -0.1) is 10.2 Å². The van der Waals surface area contributed by atoms with Gasteiger partial charge in [-0.2, -0.15) is 11.8 Å². The third-order valence-corrected chi connectivity index (χ3v) is 5.92. The zero-order valence-electron chi connectivity index (χ0n) is 17.7. The third kappa shape index (κ3) is 5.26. The molecule has 2 aromatic heterocycles. The lowest BCUT2D eigenvalue weighted by Crippen LogP contribution is -2.34. The molecule has 3 rings (SSSR count). The number of thioether (sulfide) groups is 1. The Hall–Kier alpha value is -2.25. The van der Waals surface area contributed by atoms with Crippen molar-refractivity contribution < 1.29 is 9.53 Å². The Balaban J connectivity index is 1.73. The van der Waals surface area contributed by atoms with Gasteiger partial charge in [0.05, 0.1) is 6.04 Å². The number of rotatable bonds is 9. The summed E-state index contributed by atoms with van der Waals surface area (Å²) in [5, 5.41) is 12.3. The lowest BCUT2D eigenvalue weighted by molar-refractivity contribution is -0.123. The van der Waals surface area contributed by atoms with Crippen LogP contribution in [0.25, 0.3) is 5.65 Å². The molecule has 0 radical (unpaired) electrons. The summed E-state index contributed by atoms with van der Waals surface area (Å²) in [7, 11) is 0. The molecule has 0 saturated carbocycles. The summed E-state index contributed by atoms with van der Waals surface area (Å²) in [5.74, 6) is 2.34. The highest BCUT2D eigenvalue weighted by Crippen LogP contribution is 2.32. The average molecular weight is 447 g/mol. The van der Waals surface area contributed by atoms with Crippen molar-refractivity contribution in [3.05, 3.63) is 58.5 Å². The van der Waals surface area contributed by atoms with Crippen molar-refractivity contribution in [2.75, 3.05) is 18.6 Å². The number of hydrogen-bond acceptors (Lipinski definition) is 5. The van der Waals surface area contributed by atoms with E-state index in [-0.39, 0.29) is 24.5 Å². The second-order valence-electron chi connectivity index (χ2n) is 7.47. The quantitative estimate of drug-likeness (QED) is 0.511. The lowest BCUT2D eigenvalue weighted by atomic mass is 10.0. The number of amides is 1. The third-order valence-electron chi connectivity index (χ3n) is 4.87. The first kappa shape index (κ1) is 22.4. The molecular formula is C22H27ClN4O2S. The molecule has 30 heavy (non-hydrogen) atoms. The van der Waals surface area contributed by atoms with Crippen molar-refractivity contribution in [1.29, 1.82) is 0 Å². The smallest absolute Gasteiger partial charge is 0.258 e. The van der Waals surface area contributed by atoms with E-state index in [1.165, 1.54) is 0 Å². The van der Waals surface area contributed by atoms with Crippen LogP contribution in [-0.4, -0.2) is 39.1 Å². The fourth-order valence-corrected chi connectivity index (χ4v) is 3.87. The normalized spacial score (nSPS) is 12.3. The highest BCUT2D eigenvalue weighted by molar-refractivity contribution is 7.98. The Bertz CT molecular complexity index is 1020. The van der Waals surface area contributed by atoms with Crippen LogP contribution in [0.2, 0.25) is 5.02 Å². The van der Waals surface area contributed by atoms with Gasteiger partial charge in [-0.25, -0.2) is 0 Å². The number of nitrogens with zero attached hydrogens (tertiary/aromatic N) is 3. The van der Waals surface area contributed by atoms with Gasteiger partial charge >= 0.3 is 0 Å². The molecule has 2 heterocycles. The average Bonchev–Trinajstić information content (AvgIpc) is 3.15. The first-order valence-corrected chi connectivity index (χ1v) is 11.7. The number of hydrogen-bond donors (Lipinski definition) is 1. The van der Waals surface area contributed by atoms with Crippen molar-refractivity contribution in [2.45, 2.75) is 39.2 Å². The lowest BCUT2D eigenvalue weighted by Gasteiger charge is -2.19. The van der Waals surface area contributed by atoms with E-state index in [0.717, 1.165) is 34.8 Å². The van der Waals surface area contributed by atoms with Crippen molar-refractivity contribution in [2.24, 2.45) is 0 Å². The Labute approximate surface area is 186 Å². The van der Waals surface area contributed by atoms with Gasteiger partial charge in [0.2, 0.25) is 0 Å². The molecule has 1 aromatic carbocycles. The minimum absolute atomic E-state index is 0.0761. The number of ether oxygens (including phenoxy) is 1. The highest BCUT2D eigenvalue weighted by atomic mass is 35.5. The number of carbonyl (C=O) groups excluding carboxylic acids is 1. The largest absolute Gasteiger partial charge is 0.483 e. The molecule has 6 nitrogen and oxygen atoms in total. The molecular weight excluding hydrogens is 420 g/mol. The second-order valence-corrected chi connectivity index (χ2v) is 8.86. The summed E-state index contributed by atoms with van der Waals surface area (Å²) < 4.78 is 7.80. The predicted octanol–water partition coefficient (Wildman–Crippen LogP) is 4.80. The molecule has 3 aromatic rings. The van der Waals surface area contributed by atoms with E-state index in [0.29, 0.717) is 10.8 Å². The van der Waals surface area contributed by atoms with Crippen LogP contribution in [0.1, 0.15) is 49.2 Å². The number of fused-ring (bicyclic) bond motifs is 1. The molecule has 0 saturated heterocycles. The Morgan fingerprint density at radius 3 is 2.83 bits per heavy atom. The number of pyridine rings is 1. The number of halogens is 1. The predicted molar refractivity (Wildman–Crippen MR) is 123 cm³/mol. The molecule has 8 heteroatoms. The minimum Gasteiger partial charge on any atom is -0.483 e. The Morgan fingerprint density at radius 1 is 1.30 bits per heavy atom. The van der Waals surface area contributed by atoms with Crippen LogP contribution in [0.3, 0.4) is 0 Å². The molecule has 0 aliphatic carbocycles. The number of aromatic nitrogens is 3. The van der Waals surface area contributed by atoms with Gasteiger partial charge in [0, 0.05) is 11.2 Å². The minimum atomic E-state index is -0.248. The molecule has 1 amide bonds. The molecule has 1 unspecified atom stereocenters. The number of nitrogens with one attached hydrogen (secondary N) is 1. The van der Waals surface area contributed by atoms with Crippen LogP contribution in [0.4, 0.5) is 0 Å². The zero-order chi connectivity index (χ0) is 21.7. The fourth-order valence-electron chi connectivity index (χ4n) is 3.22. The molecule has 0 spiro atoms. The Morgan fingerprint density at radius 2 is 2.10 bits per heavy atom. The maximum atomic E-state index is 12.7. The van der Waals surface area contributed by atoms with Gasteiger partial charge in [0.1, 0.15) is 5.75 Å². The van der Waals surface area contributed by atoms with E-state index < -0.39 is 0 Å². The SMILES string of the molecule is CSCCC(NC(=O)COc1cc(C)c(Cl)cc1C(C)C)c1nnc2ccccn12. The summed E-state index contributed by atoms with van der Waals surface area (Å²) in [6.45, 7) is 5.99. The second kappa shape index (κ2) is 10.2. The Kier molecular flexibility index (Phi) is 7.61. The van der Waals surface area contributed by atoms with Gasteiger partial charge in [-0.1, -0.05) is 31.5 Å².